The summed E-state index contributed by atoms with van der Waals surface area (Å²) in [5, 5.41) is 12.2. The van der Waals surface area contributed by atoms with Gasteiger partial charge in [0.15, 0.2) is 11.0 Å². The molecule has 4 rings (SSSR count). The number of imide groups is 1. The Morgan fingerprint density at radius 2 is 2.03 bits per heavy atom. The van der Waals surface area contributed by atoms with Crippen LogP contribution in [0, 0.1) is 5.92 Å². The van der Waals surface area contributed by atoms with E-state index in [1.54, 1.807) is 4.90 Å². The van der Waals surface area contributed by atoms with Gasteiger partial charge in [-0.1, -0.05) is 31.5 Å². The molecule has 3 unspecified atom stereocenters. The minimum Gasteiger partial charge on any atom is -0.331 e. The van der Waals surface area contributed by atoms with Crippen LogP contribution in [-0.2, 0) is 16.6 Å². The molecule has 3 atom stereocenters. The average Bonchev–Trinajstić information content (AvgIpc) is 3.38. The summed E-state index contributed by atoms with van der Waals surface area (Å²) in [5.74, 6) is 0.359. The minimum atomic E-state index is -0.836. The van der Waals surface area contributed by atoms with E-state index in [0.717, 1.165) is 48.0 Å². The Labute approximate surface area is 174 Å². The van der Waals surface area contributed by atoms with Gasteiger partial charge in [0.05, 0.1) is 6.04 Å². The fourth-order valence-corrected chi connectivity index (χ4v) is 5.48. The van der Waals surface area contributed by atoms with Crippen LogP contribution in [0.5, 0.6) is 0 Å². The lowest BCUT2D eigenvalue weighted by molar-refractivity contribution is -0.141. The quantitative estimate of drug-likeness (QED) is 0.588. The third kappa shape index (κ3) is 3.21. The highest BCUT2D eigenvalue weighted by Gasteiger charge is 2.55. The van der Waals surface area contributed by atoms with Crippen LogP contribution in [0.15, 0.2) is 5.16 Å². The van der Waals surface area contributed by atoms with Crippen molar-refractivity contribution in [3.05, 3.63) is 5.82 Å². The summed E-state index contributed by atoms with van der Waals surface area (Å²) in [6.07, 6.45) is 7.13. The molecule has 1 aromatic rings. The monoisotopic (exact) mass is 420 g/mol. The van der Waals surface area contributed by atoms with E-state index >= 15 is 0 Å². The van der Waals surface area contributed by atoms with Crippen LogP contribution in [0.25, 0.3) is 0 Å². The molecule has 2 aliphatic heterocycles. The molecule has 1 saturated carbocycles. The van der Waals surface area contributed by atoms with E-state index in [1.807, 2.05) is 24.8 Å². The lowest BCUT2D eigenvalue weighted by Crippen LogP contribution is -2.54. The van der Waals surface area contributed by atoms with Crippen molar-refractivity contribution in [2.24, 2.45) is 13.0 Å². The first-order chi connectivity index (χ1) is 13.9. The zero-order valence-corrected chi connectivity index (χ0v) is 18.0. The molecule has 0 aromatic carbocycles. The largest absolute Gasteiger partial charge is 0.331 e. The summed E-state index contributed by atoms with van der Waals surface area (Å²) in [6, 6.07) is -0.625. The van der Waals surface area contributed by atoms with Gasteiger partial charge in [-0.15, -0.1) is 10.2 Å². The predicted octanol–water partition coefficient (Wildman–Crippen LogP) is 1.70. The molecule has 3 aliphatic rings. The third-order valence-electron chi connectivity index (χ3n) is 6.72. The molecule has 4 amide bonds. The summed E-state index contributed by atoms with van der Waals surface area (Å²) in [6.45, 7) is 2.38. The lowest BCUT2D eigenvalue weighted by atomic mass is 9.73. The normalized spacial score (nSPS) is 29.8. The topological polar surface area (TPSA) is 100 Å². The number of amides is 4. The van der Waals surface area contributed by atoms with E-state index in [1.165, 1.54) is 11.8 Å². The highest BCUT2D eigenvalue weighted by atomic mass is 32.2. The first kappa shape index (κ1) is 20.2. The molecule has 1 aliphatic carbocycles. The van der Waals surface area contributed by atoms with Gasteiger partial charge in [0.2, 0.25) is 5.91 Å². The number of carbonyl (C=O) groups is 3. The highest BCUT2D eigenvalue weighted by molar-refractivity contribution is 7.98. The van der Waals surface area contributed by atoms with Crippen LogP contribution < -0.4 is 5.32 Å². The van der Waals surface area contributed by atoms with Crippen LogP contribution in [0.4, 0.5) is 4.79 Å². The van der Waals surface area contributed by atoms with Crippen molar-refractivity contribution in [3.63, 3.8) is 0 Å². The van der Waals surface area contributed by atoms with E-state index in [0.29, 0.717) is 13.0 Å². The number of carbonyl (C=O) groups excluding carboxylic acids is 3. The number of hydrogen-bond acceptors (Lipinski definition) is 6. The number of nitrogens with zero attached hydrogens (tertiary/aromatic N) is 5. The zero-order valence-electron chi connectivity index (χ0n) is 17.2. The van der Waals surface area contributed by atoms with Crippen molar-refractivity contribution in [1.82, 2.24) is 29.9 Å². The number of rotatable bonds is 4. The molecule has 3 fully saturated rings. The fourth-order valence-electron chi connectivity index (χ4n) is 4.99. The van der Waals surface area contributed by atoms with Gasteiger partial charge in [-0.3, -0.25) is 14.5 Å². The minimum absolute atomic E-state index is 0.0796. The fraction of sp³-hybridized carbons (Fsp3) is 0.737. The second-order valence-corrected chi connectivity index (χ2v) is 9.06. The standard InChI is InChI=1S/C19H28N6O3S/c1-12-7-4-5-9-19(12)16(27)25(17(28)20-19)11-14(26)24-10-6-8-13(24)15-21-22-18(29-3)23(15)2/h12-13H,4-11H2,1-3H3,(H,20,28). The maximum Gasteiger partial charge on any atom is 0.325 e. The van der Waals surface area contributed by atoms with Gasteiger partial charge in [-0.05, 0) is 37.9 Å². The van der Waals surface area contributed by atoms with E-state index < -0.39 is 11.6 Å². The van der Waals surface area contributed by atoms with E-state index in [-0.39, 0.29) is 30.3 Å². The Hall–Kier alpha value is -2.10. The number of likely N-dealkylation sites (tertiary alicyclic amines) is 1. The second-order valence-electron chi connectivity index (χ2n) is 8.29. The molecule has 158 valence electrons. The molecule has 1 aromatic heterocycles. The molecule has 29 heavy (non-hydrogen) atoms. The smallest absolute Gasteiger partial charge is 0.325 e. The van der Waals surface area contributed by atoms with Gasteiger partial charge in [0.1, 0.15) is 12.1 Å². The second kappa shape index (κ2) is 7.62. The molecule has 10 heteroatoms. The first-order valence-electron chi connectivity index (χ1n) is 10.3. The van der Waals surface area contributed by atoms with Crippen molar-refractivity contribution in [1.29, 1.82) is 0 Å². The van der Waals surface area contributed by atoms with Crippen LogP contribution in [0.3, 0.4) is 0 Å². The van der Waals surface area contributed by atoms with E-state index in [9.17, 15) is 14.4 Å². The molecule has 3 heterocycles. The lowest BCUT2D eigenvalue weighted by Gasteiger charge is -2.36. The molecule has 9 nitrogen and oxygen atoms in total. The summed E-state index contributed by atoms with van der Waals surface area (Å²) in [4.78, 5) is 41.7. The van der Waals surface area contributed by atoms with Crippen LogP contribution in [0.1, 0.15) is 57.3 Å². The molecule has 1 N–H and O–H groups in total. The number of thioether (sulfide) groups is 1. The summed E-state index contributed by atoms with van der Waals surface area (Å²) in [7, 11) is 1.90. The van der Waals surface area contributed by atoms with Crippen LogP contribution in [-0.4, -0.2) is 67.3 Å². The van der Waals surface area contributed by atoms with Gasteiger partial charge in [0, 0.05) is 13.6 Å². The average molecular weight is 421 g/mol. The third-order valence-corrected chi connectivity index (χ3v) is 7.44. The Balaban J connectivity index is 1.50. The van der Waals surface area contributed by atoms with Gasteiger partial charge < -0.3 is 14.8 Å². The predicted molar refractivity (Wildman–Crippen MR) is 107 cm³/mol. The first-order valence-corrected chi connectivity index (χ1v) is 11.5. The van der Waals surface area contributed by atoms with Crippen LogP contribution >= 0.6 is 11.8 Å². The molecule has 0 bridgehead atoms. The van der Waals surface area contributed by atoms with Crippen LogP contribution in [0.2, 0.25) is 0 Å². The van der Waals surface area contributed by atoms with Gasteiger partial charge in [-0.2, -0.15) is 0 Å². The van der Waals surface area contributed by atoms with Crippen molar-refractivity contribution >= 4 is 29.6 Å². The molecule has 1 spiro atoms. The van der Waals surface area contributed by atoms with E-state index in [2.05, 4.69) is 15.5 Å². The van der Waals surface area contributed by atoms with Gasteiger partial charge >= 0.3 is 6.03 Å². The summed E-state index contributed by atoms with van der Waals surface area (Å²) >= 11 is 1.50. The highest BCUT2D eigenvalue weighted by Crippen LogP contribution is 2.38. The number of aromatic nitrogens is 3. The molecular weight excluding hydrogens is 392 g/mol. The molecule has 0 radical (unpaired) electrons. The Morgan fingerprint density at radius 3 is 2.72 bits per heavy atom. The van der Waals surface area contributed by atoms with Gasteiger partial charge in [-0.25, -0.2) is 4.79 Å². The van der Waals surface area contributed by atoms with Crippen molar-refractivity contribution in [2.75, 3.05) is 19.3 Å². The maximum atomic E-state index is 13.1. The number of nitrogens with one attached hydrogen (secondary N) is 1. The Bertz CT molecular complexity index is 842. The van der Waals surface area contributed by atoms with Crippen molar-refractivity contribution in [2.45, 2.75) is 62.2 Å². The van der Waals surface area contributed by atoms with Gasteiger partial charge in [0.25, 0.3) is 5.91 Å². The molecular formula is C19H28N6O3S. The van der Waals surface area contributed by atoms with E-state index in [4.69, 9.17) is 0 Å². The van der Waals surface area contributed by atoms with Crippen molar-refractivity contribution in [3.8, 4) is 0 Å². The molecule has 2 saturated heterocycles. The SMILES string of the molecule is CSc1nnc(C2CCCN2C(=O)CN2C(=O)NC3(CCCCC3C)C2=O)n1C. The zero-order chi connectivity index (χ0) is 20.8. The maximum absolute atomic E-state index is 13.1. The summed E-state index contributed by atoms with van der Waals surface area (Å²) < 4.78 is 1.91. The summed E-state index contributed by atoms with van der Waals surface area (Å²) in [5.41, 5.74) is -0.836. The Kier molecular flexibility index (Phi) is 5.30. The number of hydrogen-bond donors (Lipinski definition) is 1. The number of urea groups is 1. The Morgan fingerprint density at radius 1 is 1.24 bits per heavy atom. The van der Waals surface area contributed by atoms with Crippen molar-refractivity contribution < 1.29 is 14.4 Å².